The third-order valence-corrected chi connectivity index (χ3v) is 5.03. The molecule has 0 radical (unpaired) electrons. The Morgan fingerprint density at radius 2 is 1.85 bits per heavy atom. The van der Waals surface area contributed by atoms with E-state index in [1.807, 2.05) is 77.5 Å². The van der Waals surface area contributed by atoms with E-state index >= 15 is 0 Å². The van der Waals surface area contributed by atoms with Gasteiger partial charge in [0.25, 0.3) is 5.91 Å². The van der Waals surface area contributed by atoms with Crippen molar-refractivity contribution in [1.82, 2.24) is 19.2 Å². The van der Waals surface area contributed by atoms with Gasteiger partial charge in [-0.1, -0.05) is 30.3 Å². The second kappa shape index (κ2) is 8.88. The van der Waals surface area contributed by atoms with Gasteiger partial charge < -0.3 is 19.2 Å². The molecule has 3 heterocycles. The highest BCUT2D eigenvalue weighted by atomic mass is 16.5. The summed E-state index contributed by atoms with van der Waals surface area (Å²) in [6, 6.07) is 22.5. The van der Waals surface area contributed by atoms with Gasteiger partial charge in [-0.15, -0.1) is 0 Å². The summed E-state index contributed by atoms with van der Waals surface area (Å²) in [6.07, 6.45) is 5.55. The quantitative estimate of drug-likeness (QED) is 0.407. The number of ether oxygens (including phenoxy) is 2. The molecule has 0 aliphatic heterocycles. The van der Waals surface area contributed by atoms with Gasteiger partial charge in [0, 0.05) is 24.1 Å². The van der Waals surface area contributed by atoms with Gasteiger partial charge in [-0.2, -0.15) is 5.10 Å². The van der Waals surface area contributed by atoms with Crippen molar-refractivity contribution < 1.29 is 14.3 Å². The Balaban J connectivity index is 1.29. The van der Waals surface area contributed by atoms with Crippen molar-refractivity contribution in [2.75, 3.05) is 12.4 Å². The Kier molecular flexibility index (Phi) is 5.47. The Hall–Kier alpha value is -4.59. The summed E-state index contributed by atoms with van der Waals surface area (Å²) in [5.41, 5.74) is 3.28. The number of carbonyl (C=O) groups is 1. The fourth-order valence-electron chi connectivity index (χ4n) is 3.45. The smallest absolute Gasteiger partial charge is 0.280 e. The molecule has 8 nitrogen and oxygen atoms in total. The molecule has 0 unspecified atom stereocenters. The molecule has 5 aromatic rings. The van der Waals surface area contributed by atoms with E-state index in [4.69, 9.17) is 9.47 Å². The molecule has 5 rings (SSSR count). The highest BCUT2D eigenvalue weighted by Crippen LogP contribution is 2.23. The first kappa shape index (κ1) is 20.3. The van der Waals surface area contributed by atoms with Crippen LogP contribution < -0.4 is 14.8 Å². The van der Waals surface area contributed by atoms with Crippen LogP contribution in [0.3, 0.4) is 0 Å². The third kappa shape index (κ3) is 4.40. The van der Waals surface area contributed by atoms with Gasteiger partial charge in [0.2, 0.25) is 0 Å². The van der Waals surface area contributed by atoms with E-state index in [0.29, 0.717) is 23.8 Å². The SMILES string of the molecule is COc1cn(-c2ccccc2)nc1C(=O)Nc1cccc(OCc2cn3ccccc3n2)c1. The molecule has 0 aliphatic rings. The van der Waals surface area contributed by atoms with Crippen LogP contribution in [0.15, 0.2) is 91.4 Å². The molecule has 0 spiro atoms. The molecule has 8 heteroatoms. The molecule has 2 aromatic carbocycles. The Morgan fingerprint density at radius 1 is 1.00 bits per heavy atom. The van der Waals surface area contributed by atoms with E-state index in [2.05, 4.69) is 15.4 Å². The molecule has 0 bridgehead atoms. The lowest BCUT2D eigenvalue weighted by Gasteiger charge is -2.08. The number of fused-ring (bicyclic) bond motifs is 1. The summed E-state index contributed by atoms with van der Waals surface area (Å²) in [5, 5.41) is 7.27. The molecule has 0 atom stereocenters. The number of para-hydroxylation sites is 1. The van der Waals surface area contributed by atoms with E-state index in [1.54, 1.807) is 23.0 Å². The molecule has 33 heavy (non-hydrogen) atoms. The summed E-state index contributed by atoms with van der Waals surface area (Å²) in [7, 11) is 1.51. The van der Waals surface area contributed by atoms with Gasteiger partial charge in [0.15, 0.2) is 11.4 Å². The second-order valence-corrected chi connectivity index (χ2v) is 7.30. The van der Waals surface area contributed by atoms with Crippen molar-refractivity contribution >= 4 is 17.2 Å². The summed E-state index contributed by atoms with van der Waals surface area (Å²) in [6.45, 7) is 0.314. The van der Waals surface area contributed by atoms with Gasteiger partial charge in [0.05, 0.1) is 24.7 Å². The van der Waals surface area contributed by atoms with Crippen LogP contribution in [0.4, 0.5) is 5.69 Å². The largest absolute Gasteiger partial charge is 0.493 e. The number of hydrogen-bond acceptors (Lipinski definition) is 5. The minimum Gasteiger partial charge on any atom is -0.493 e. The first-order valence-electron chi connectivity index (χ1n) is 10.4. The number of aromatic nitrogens is 4. The second-order valence-electron chi connectivity index (χ2n) is 7.30. The van der Waals surface area contributed by atoms with Crippen molar-refractivity contribution in [2.24, 2.45) is 0 Å². The Bertz CT molecular complexity index is 1380. The topological polar surface area (TPSA) is 82.7 Å². The predicted molar refractivity (Wildman–Crippen MR) is 124 cm³/mol. The summed E-state index contributed by atoms with van der Waals surface area (Å²) in [4.78, 5) is 17.4. The molecule has 0 saturated heterocycles. The van der Waals surface area contributed by atoms with Crippen molar-refractivity contribution in [2.45, 2.75) is 6.61 Å². The number of carbonyl (C=O) groups excluding carboxylic acids is 1. The fraction of sp³-hybridized carbons (Fsp3) is 0.0800. The molecule has 164 valence electrons. The maximum atomic E-state index is 12.9. The fourth-order valence-corrected chi connectivity index (χ4v) is 3.45. The minimum absolute atomic E-state index is 0.192. The number of nitrogens with zero attached hydrogens (tertiary/aromatic N) is 4. The average Bonchev–Trinajstić information content (AvgIpc) is 3.48. The van der Waals surface area contributed by atoms with Crippen LogP contribution in [0.2, 0.25) is 0 Å². The molecule has 3 aromatic heterocycles. The standard InChI is InChI=1S/C25H21N5O3/c1-32-22-16-30(20-9-3-2-4-10-20)28-24(22)25(31)27-18-8-7-11-21(14-18)33-17-19-15-29-13-6-5-12-23(29)26-19/h2-16H,17H2,1H3,(H,27,31). The number of hydrogen-bond donors (Lipinski definition) is 1. The lowest BCUT2D eigenvalue weighted by atomic mass is 10.3. The predicted octanol–water partition coefficient (Wildman–Crippen LogP) is 4.36. The van der Waals surface area contributed by atoms with Crippen LogP contribution in [0.25, 0.3) is 11.3 Å². The first-order chi connectivity index (χ1) is 16.2. The Labute approximate surface area is 190 Å². The number of pyridine rings is 1. The van der Waals surface area contributed by atoms with Crippen molar-refractivity contribution in [1.29, 1.82) is 0 Å². The molecular weight excluding hydrogens is 418 g/mol. The number of imidazole rings is 1. The van der Waals surface area contributed by atoms with Crippen molar-refractivity contribution in [3.63, 3.8) is 0 Å². The average molecular weight is 439 g/mol. The molecule has 0 saturated carbocycles. The maximum Gasteiger partial charge on any atom is 0.280 e. The van der Waals surface area contributed by atoms with Gasteiger partial charge in [-0.25, -0.2) is 9.67 Å². The summed E-state index contributed by atoms with van der Waals surface area (Å²) in [5.74, 6) is 0.626. The van der Waals surface area contributed by atoms with Crippen LogP contribution >= 0.6 is 0 Å². The number of nitrogens with one attached hydrogen (secondary N) is 1. The van der Waals surface area contributed by atoms with Gasteiger partial charge in [0.1, 0.15) is 18.0 Å². The van der Waals surface area contributed by atoms with Crippen LogP contribution in [0.5, 0.6) is 11.5 Å². The van der Waals surface area contributed by atoms with Gasteiger partial charge >= 0.3 is 0 Å². The third-order valence-electron chi connectivity index (χ3n) is 5.03. The van der Waals surface area contributed by atoms with E-state index in [9.17, 15) is 4.79 Å². The van der Waals surface area contributed by atoms with Crippen LogP contribution in [0, 0.1) is 0 Å². The van der Waals surface area contributed by atoms with Crippen LogP contribution in [0.1, 0.15) is 16.2 Å². The number of benzene rings is 2. The zero-order valence-corrected chi connectivity index (χ0v) is 17.9. The minimum atomic E-state index is -0.376. The number of amides is 1. The van der Waals surface area contributed by atoms with Crippen molar-refractivity contribution in [3.05, 3.63) is 103 Å². The van der Waals surface area contributed by atoms with Crippen molar-refractivity contribution in [3.8, 4) is 17.2 Å². The van der Waals surface area contributed by atoms with Gasteiger partial charge in [-0.05, 0) is 36.4 Å². The van der Waals surface area contributed by atoms with E-state index in [1.165, 1.54) is 7.11 Å². The zero-order valence-electron chi connectivity index (χ0n) is 17.9. The molecule has 1 N–H and O–H groups in total. The lowest BCUT2D eigenvalue weighted by Crippen LogP contribution is -2.14. The summed E-state index contributed by atoms with van der Waals surface area (Å²) >= 11 is 0. The molecule has 0 aliphatic carbocycles. The molecule has 1 amide bonds. The number of methoxy groups -OCH3 is 1. The highest BCUT2D eigenvalue weighted by Gasteiger charge is 2.19. The Morgan fingerprint density at radius 3 is 2.67 bits per heavy atom. The van der Waals surface area contributed by atoms with Crippen LogP contribution in [-0.2, 0) is 6.61 Å². The van der Waals surface area contributed by atoms with Gasteiger partial charge in [-0.3, -0.25) is 4.79 Å². The molecule has 0 fully saturated rings. The van der Waals surface area contributed by atoms with Crippen LogP contribution in [-0.4, -0.2) is 32.2 Å². The van der Waals surface area contributed by atoms with E-state index < -0.39 is 0 Å². The number of rotatable bonds is 7. The first-order valence-corrected chi connectivity index (χ1v) is 10.4. The molecular formula is C25H21N5O3. The summed E-state index contributed by atoms with van der Waals surface area (Å²) < 4.78 is 14.8. The normalized spacial score (nSPS) is 10.8. The highest BCUT2D eigenvalue weighted by molar-refractivity contribution is 6.04. The number of anilines is 1. The zero-order chi connectivity index (χ0) is 22.6. The monoisotopic (exact) mass is 439 g/mol. The van der Waals surface area contributed by atoms with E-state index in [0.717, 1.165) is 17.0 Å². The van der Waals surface area contributed by atoms with E-state index in [-0.39, 0.29) is 11.6 Å². The lowest BCUT2D eigenvalue weighted by molar-refractivity contribution is 0.101. The maximum absolute atomic E-state index is 12.9.